The van der Waals surface area contributed by atoms with Crippen LogP contribution in [0.3, 0.4) is 0 Å². The van der Waals surface area contributed by atoms with Crippen LogP contribution < -0.4 is 5.32 Å². The summed E-state index contributed by atoms with van der Waals surface area (Å²) in [5, 5.41) is 10.9. The minimum atomic E-state index is 0.198. The van der Waals surface area contributed by atoms with Gasteiger partial charge in [0.2, 0.25) is 0 Å². The molecule has 0 amide bonds. The quantitative estimate of drug-likeness (QED) is 0.779. The van der Waals surface area contributed by atoms with Gasteiger partial charge in [-0.1, -0.05) is 30.3 Å². The molecule has 3 rings (SSSR count). The van der Waals surface area contributed by atoms with Gasteiger partial charge in [0.25, 0.3) is 0 Å². The van der Waals surface area contributed by atoms with E-state index in [9.17, 15) is 0 Å². The molecule has 1 unspecified atom stereocenters. The summed E-state index contributed by atoms with van der Waals surface area (Å²) in [7, 11) is 0. The Labute approximate surface area is 122 Å². The fraction of sp³-hybridized carbons (Fsp3) is 0.200. The van der Waals surface area contributed by atoms with Crippen LogP contribution >= 0.6 is 11.3 Å². The number of hydrogen-bond donors (Lipinski definition) is 1. The Kier molecular flexibility index (Phi) is 3.78. The topological polar surface area (TPSA) is 42.7 Å². The zero-order chi connectivity index (χ0) is 13.8. The molecule has 0 spiro atoms. The van der Waals surface area contributed by atoms with Gasteiger partial charge in [-0.05, 0) is 12.5 Å². The van der Waals surface area contributed by atoms with E-state index in [2.05, 4.69) is 34.5 Å². The Balaban J connectivity index is 1.65. The molecule has 20 heavy (non-hydrogen) atoms. The van der Waals surface area contributed by atoms with Crippen molar-refractivity contribution in [3.63, 3.8) is 0 Å². The maximum atomic E-state index is 4.38. The summed E-state index contributed by atoms with van der Waals surface area (Å²) < 4.78 is 1.94. The van der Waals surface area contributed by atoms with E-state index in [1.165, 1.54) is 5.56 Å². The number of nitrogens with zero attached hydrogens (tertiary/aromatic N) is 3. The predicted octanol–water partition coefficient (Wildman–Crippen LogP) is 3.56. The average Bonchev–Trinajstić information content (AvgIpc) is 3.11. The van der Waals surface area contributed by atoms with Crippen LogP contribution in [0.2, 0.25) is 0 Å². The van der Waals surface area contributed by atoms with E-state index in [0.717, 1.165) is 17.2 Å². The molecule has 0 fully saturated rings. The Morgan fingerprint density at radius 2 is 2.15 bits per heavy atom. The molecule has 0 aliphatic rings. The second-order valence-electron chi connectivity index (χ2n) is 4.65. The first-order chi connectivity index (χ1) is 9.81. The second-order valence-corrected chi connectivity index (χ2v) is 5.57. The van der Waals surface area contributed by atoms with Crippen molar-refractivity contribution < 1.29 is 0 Å². The van der Waals surface area contributed by atoms with Crippen LogP contribution in [0.4, 0.5) is 5.69 Å². The van der Waals surface area contributed by atoms with Gasteiger partial charge in [0.1, 0.15) is 5.01 Å². The highest BCUT2D eigenvalue weighted by Crippen LogP contribution is 2.20. The third-order valence-electron chi connectivity index (χ3n) is 3.03. The van der Waals surface area contributed by atoms with E-state index in [4.69, 9.17) is 0 Å². The van der Waals surface area contributed by atoms with Crippen LogP contribution in [0.25, 0.3) is 0 Å². The van der Waals surface area contributed by atoms with E-state index in [0.29, 0.717) is 0 Å². The minimum absolute atomic E-state index is 0.198. The zero-order valence-corrected chi connectivity index (χ0v) is 12.0. The molecule has 0 saturated heterocycles. The van der Waals surface area contributed by atoms with Crippen molar-refractivity contribution in [2.45, 2.75) is 19.5 Å². The molecule has 5 heteroatoms. The number of thiazole rings is 1. The number of nitrogens with one attached hydrogen (secondary N) is 1. The number of rotatable bonds is 5. The van der Waals surface area contributed by atoms with Crippen molar-refractivity contribution in [2.24, 2.45) is 0 Å². The third kappa shape index (κ3) is 3.05. The van der Waals surface area contributed by atoms with Crippen LogP contribution in [0, 0.1) is 0 Å². The number of aromatic nitrogens is 3. The van der Waals surface area contributed by atoms with Gasteiger partial charge in [0.15, 0.2) is 0 Å². The van der Waals surface area contributed by atoms with Crippen molar-refractivity contribution in [2.75, 3.05) is 5.32 Å². The fourth-order valence-corrected chi connectivity index (χ4v) is 2.70. The van der Waals surface area contributed by atoms with E-state index >= 15 is 0 Å². The lowest BCUT2D eigenvalue weighted by molar-refractivity contribution is 0.687. The summed E-state index contributed by atoms with van der Waals surface area (Å²) in [4.78, 5) is 4.32. The predicted molar refractivity (Wildman–Crippen MR) is 81.9 cm³/mol. The maximum absolute atomic E-state index is 4.38. The molecule has 0 aliphatic heterocycles. The van der Waals surface area contributed by atoms with Gasteiger partial charge in [-0.2, -0.15) is 5.10 Å². The molecule has 0 bridgehead atoms. The molecule has 2 aromatic heterocycles. The molecule has 1 N–H and O–H groups in total. The lowest BCUT2D eigenvalue weighted by atomic mass is 10.2. The van der Waals surface area contributed by atoms with Crippen LogP contribution in [-0.2, 0) is 6.54 Å². The first kappa shape index (κ1) is 12.9. The highest BCUT2D eigenvalue weighted by atomic mass is 32.1. The fourth-order valence-electron chi connectivity index (χ4n) is 2.06. The van der Waals surface area contributed by atoms with E-state index in [-0.39, 0.29) is 6.04 Å². The molecule has 102 valence electrons. The van der Waals surface area contributed by atoms with Crippen molar-refractivity contribution in [1.29, 1.82) is 0 Å². The smallest absolute Gasteiger partial charge is 0.115 e. The number of benzene rings is 1. The second kappa shape index (κ2) is 5.88. The molecule has 1 atom stereocenters. The molecule has 2 heterocycles. The molecule has 0 saturated carbocycles. The Morgan fingerprint density at radius 1 is 1.30 bits per heavy atom. The molecule has 4 nitrogen and oxygen atoms in total. The first-order valence-electron chi connectivity index (χ1n) is 6.53. The highest BCUT2D eigenvalue weighted by Gasteiger charge is 2.08. The largest absolute Gasteiger partial charge is 0.374 e. The Hall–Kier alpha value is -2.14. The summed E-state index contributed by atoms with van der Waals surface area (Å²) in [6.45, 7) is 2.89. The van der Waals surface area contributed by atoms with E-state index in [1.807, 2.05) is 46.9 Å². The number of anilines is 1. The molecule has 0 radical (unpaired) electrons. The first-order valence-corrected chi connectivity index (χ1v) is 7.41. The molecule has 0 aliphatic carbocycles. The van der Waals surface area contributed by atoms with Crippen LogP contribution in [0.5, 0.6) is 0 Å². The average molecular weight is 284 g/mol. The minimum Gasteiger partial charge on any atom is -0.374 e. The van der Waals surface area contributed by atoms with Gasteiger partial charge in [0, 0.05) is 17.8 Å². The standard InChI is InChI=1S/C15H16N4S/c1-12(15-16-7-8-20-15)18-14-9-17-19(11-14)10-13-5-3-2-4-6-13/h2-9,11-12,18H,10H2,1H3. The van der Waals surface area contributed by atoms with Crippen molar-refractivity contribution in [3.05, 3.63) is 64.9 Å². The molecule has 3 aromatic rings. The van der Waals surface area contributed by atoms with Gasteiger partial charge in [-0.25, -0.2) is 4.98 Å². The van der Waals surface area contributed by atoms with Gasteiger partial charge in [-0.15, -0.1) is 11.3 Å². The van der Waals surface area contributed by atoms with Gasteiger partial charge in [0.05, 0.1) is 24.5 Å². The summed E-state index contributed by atoms with van der Waals surface area (Å²) in [6.07, 6.45) is 5.71. The van der Waals surface area contributed by atoms with Crippen molar-refractivity contribution in [1.82, 2.24) is 14.8 Å². The van der Waals surface area contributed by atoms with Crippen molar-refractivity contribution >= 4 is 17.0 Å². The third-order valence-corrected chi connectivity index (χ3v) is 3.98. The zero-order valence-electron chi connectivity index (χ0n) is 11.2. The highest BCUT2D eigenvalue weighted by molar-refractivity contribution is 7.09. The van der Waals surface area contributed by atoms with Crippen LogP contribution in [0.15, 0.2) is 54.3 Å². The monoisotopic (exact) mass is 284 g/mol. The summed E-state index contributed by atoms with van der Waals surface area (Å²) in [5.41, 5.74) is 2.26. The maximum Gasteiger partial charge on any atom is 0.115 e. The van der Waals surface area contributed by atoms with Gasteiger partial charge >= 0.3 is 0 Å². The van der Waals surface area contributed by atoms with Crippen LogP contribution in [0.1, 0.15) is 23.5 Å². The summed E-state index contributed by atoms with van der Waals surface area (Å²) >= 11 is 1.66. The van der Waals surface area contributed by atoms with Crippen LogP contribution in [-0.4, -0.2) is 14.8 Å². The lowest BCUT2D eigenvalue weighted by Gasteiger charge is -2.09. The van der Waals surface area contributed by atoms with Gasteiger partial charge in [-0.3, -0.25) is 4.68 Å². The SMILES string of the molecule is CC(Nc1cnn(Cc2ccccc2)c1)c1nccs1. The van der Waals surface area contributed by atoms with E-state index in [1.54, 1.807) is 11.3 Å². The van der Waals surface area contributed by atoms with Gasteiger partial charge < -0.3 is 5.32 Å². The molecular weight excluding hydrogens is 268 g/mol. The molecule has 1 aromatic carbocycles. The summed E-state index contributed by atoms with van der Waals surface area (Å²) in [5.74, 6) is 0. The Morgan fingerprint density at radius 3 is 2.90 bits per heavy atom. The van der Waals surface area contributed by atoms with E-state index < -0.39 is 0 Å². The lowest BCUT2D eigenvalue weighted by Crippen LogP contribution is -2.05. The normalized spacial score (nSPS) is 12.2. The van der Waals surface area contributed by atoms with Crippen molar-refractivity contribution in [3.8, 4) is 0 Å². The summed E-state index contributed by atoms with van der Waals surface area (Å²) in [6, 6.07) is 10.5. The molecular formula is C15H16N4S. The Bertz CT molecular complexity index is 646. The number of hydrogen-bond acceptors (Lipinski definition) is 4.